The van der Waals surface area contributed by atoms with Crippen molar-refractivity contribution >= 4 is 24.9 Å². The number of hydrogen-bond donors (Lipinski definition) is 2. The average molecular weight is 1040 g/mol. The molecule has 0 spiro atoms. The molecule has 0 fully saturated rings. The van der Waals surface area contributed by atoms with Crippen LogP contribution in [-0.4, -0.2) is 87.4 Å². The van der Waals surface area contributed by atoms with Gasteiger partial charge < -0.3 is 61.7 Å². The maximum atomic E-state index is 11.5. The molecule has 294 valence electrons. The monoisotopic (exact) mass is 1050 g/mol. The summed E-state index contributed by atoms with van der Waals surface area (Å²) in [6.07, 6.45) is 6.42. The molecule has 0 amide bonds. The van der Waals surface area contributed by atoms with E-state index >= 15 is 0 Å². The van der Waals surface area contributed by atoms with Crippen LogP contribution in [0.4, 0.5) is 0 Å². The summed E-state index contributed by atoms with van der Waals surface area (Å²) in [6, 6.07) is 27.2. The molecule has 2 N–H and O–H groups in total. The first-order chi connectivity index (χ1) is 26.0. The van der Waals surface area contributed by atoms with Crippen LogP contribution in [0.3, 0.4) is 0 Å². The van der Waals surface area contributed by atoms with Gasteiger partial charge in [-0.05, 0) is 22.3 Å². The van der Waals surface area contributed by atoms with Gasteiger partial charge in [-0.2, -0.15) is 0 Å². The molecule has 0 unspecified atom stereocenters. The minimum absolute atomic E-state index is 0. The quantitative estimate of drug-likeness (QED) is 0.0698. The van der Waals surface area contributed by atoms with E-state index in [2.05, 4.69) is 30.6 Å². The molecule has 18 nitrogen and oxygen atoms in total. The smallest absolute Gasteiger partial charge is 0.872 e. The predicted octanol–water partition coefficient (Wildman–Crippen LogP) is 1.44. The van der Waals surface area contributed by atoms with Crippen molar-refractivity contribution < 1.29 is 111 Å². The van der Waals surface area contributed by atoms with Crippen molar-refractivity contribution in [1.82, 2.24) is 10.6 Å². The largest absolute Gasteiger partial charge is 3.00 e. The summed E-state index contributed by atoms with van der Waals surface area (Å²) in [5.41, 5.74) is 2.42. The number of aliphatic imine (C=N–C) groups is 4. The molecule has 0 aliphatic rings. The molecule has 0 aliphatic carbocycles. The summed E-state index contributed by atoms with van der Waals surface area (Å²) >= 11 is 0. The SMILES string of the molecule is O=[N+]([O-])[O-].O=[N+]([O-])[O-].[O-]c1ccccc1C=NCCNCCN=Cc1ccccc1[O-].[O-]c1ccccc1C=NCCNCCN=Cc1ccccc1[O-].[Sm+3].[Sm+3]. The Hall–Kier alpha value is -4.24. The molecular formula is C36H38N8O10Sm2. The fourth-order valence-corrected chi connectivity index (χ4v) is 3.82. The molecule has 0 bridgehead atoms. The van der Waals surface area contributed by atoms with Gasteiger partial charge in [0.05, 0.1) is 36.4 Å². The second-order valence-corrected chi connectivity index (χ2v) is 10.2. The van der Waals surface area contributed by atoms with Crippen LogP contribution in [0.15, 0.2) is 117 Å². The Morgan fingerprint density at radius 1 is 0.411 bits per heavy atom. The molecule has 0 aliphatic heterocycles. The predicted molar refractivity (Wildman–Crippen MR) is 200 cm³/mol. The van der Waals surface area contributed by atoms with Gasteiger partial charge in [0.1, 0.15) is 0 Å². The van der Waals surface area contributed by atoms with Crippen LogP contribution in [0.2, 0.25) is 0 Å². The minimum atomic E-state index is -1.75. The second kappa shape index (κ2) is 35.2. The summed E-state index contributed by atoms with van der Waals surface area (Å²) in [5.74, 6) is -0.0659. The third-order valence-electron chi connectivity index (χ3n) is 6.27. The van der Waals surface area contributed by atoms with Crippen LogP contribution in [0.5, 0.6) is 23.0 Å². The standard InChI is InChI=1S/2C18H21N3O2.2NO3.2Sm/c2*22-17-7-3-1-5-15(17)13-20-11-9-19-10-12-21-14-16-6-2-4-8-18(16)23;2*2-1(3)4;;/h2*1-8,13-14,19,22-23H,9-12H2;;;;/q;;2*-1;2*+3/p-4. The van der Waals surface area contributed by atoms with Crippen LogP contribution < -0.4 is 31.1 Å². The Kier molecular flexibility index (Phi) is 33.8. The van der Waals surface area contributed by atoms with Crippen molar-refractivity contribution in [2.45, 2.75) is 0 Å². The zero-order valence-corrected chi connectivity index (χ0v) is 35.0. The third-order valence-corrected chi connectivity index (χ3v) is 6.27. The van der Waals surface area contributed by atoms with Crippen molar-refractivity contribution in [3.63, 3.8) is 0 Å². The van der Waals surface area contributed by atoms with Crippen molar-refractivity contribution in [3.8, 4) is 23.0 Å². The summed E-state index contributed by atoms with van der Waals surface area (Å²) < 4.78 is 0. The Balaban J connectivity index is 0. The number of hydrogen-bond acceptors (Lipinski definition) is 16. The van der Waals surface area contributed by atoms with Gasteiger partial charge in [-0.25, -0.2) is 0 Å². The van der Waals surface area contributed by atoms with Gasteiger partial charge >= 0.3 is 80.8 Å². The van der Waals surface area contributed by atoms with Gasteiger partial charge in [0, 0.05) is 51.0 Å². The molecule has 0 saturated heterocycles. The molecule has 2 radical (unpaired) electrons. The van der Waals surface area contributed by atoms with Crippen molar-refractivity contribution in [2.24, 2.45) is 20.0 Å². The summed E-state index contributed by atoms with van der Waals surface area (Å²) in [5, 5.41) is 81.7. The third kappa shape index (κ3) is 29.1. The van der Waals surface area contributed by atoms with Crippen molar-refractivity contribution in [1.29, 1.82) is 0 Å². The molecular weight excluding hydrogens is 1010 g/mol. The van der Waals surface area contributed by atoms with E-state index in [4.69, 9.17) is 30.6 Å². The Morgan fingerprint density at radius 3 is 0.768 bits per heavy atom. The Bertz CT molecular complexity index is 1550. The van der Waals surface area contributed by atoms with Crippen molar-refractivity contribution in [3.05, 3.63) is 150 Å². The molecule has 0 saturated carbocycles. The van der Waals surface area contributed by atoms with Crippen LogP contribution in [-0.2, 0) is 0 Å². The van der Waals surface area contributed by atoms with Gasteiger partial charge in [-0.3, -0.25) is 20.0 Å². The summed E-state index contributed by atoms with van der Waals surface area (Å²) in [7, 11) is 0. The number of para-hydroxylation sites is 4. The van der Waals surface area contributed by atoms with E-state index in [1.807, 2.05) is 24.3 Å². The van der Waals surface area contributed by atoms with Crippen LogP contribution in [0, 0.1) is 111 Å². The molecule has 4 rings (SSSR count). The zero-order chi connectivity index (χ0) is 39.8. The van der Waals surface area contributed by atoms with E-state index in [0.717, 1.165) is 0 Å². The van der Waals surface area contributed by atoms with E-state index in [-0.39, 0.29) is 104 Å². The van der Waals surface area contributed by atoms with Gasteiger partial charge in [0.15, 0.2) is 0 Å². The molecule has 0 atom stereocenters. The van der Waals surface area contributed by atoms with Crippen LogP contribution in [0.1, 0.15) is 22.3 Å². The number of benzene rings is 4. The van der Waals surface area contributed by atoms with Crippen molar-refractivity contribution in [2.75, 3.05) is 52.4 Å². The maximum Gasteiger partial charge on any atom is 3.00 e. The van der Waals surface area contributed by atoms with E-state index in [1.54, 1.807) is 73.4 Å². The average Bonchev–Trinajstić information content (AvgIpc) is 3.13. The second-order valence-electron chi connectivity index (χ2n) is 10.2. The Labute approximate surface area is 388 Å². The van der Waals surface area contributed by atoms with Gasteiger partial charge in [0.2, 0.25) is 0 Å². The minimum Gasteiger partial charge on any atom is -0.872 e. The normalized spacial score (nSPS) is 10.3. The van der Waals surface area contributed by atoms with Crippen LogP contribution >= 0.6 is 0 Å². The van der Waals surface area contributed by atoms with E-state index in [9.17, 15) is 20.4 Å². The molecule has 0 heterocycles. The molecule has 0 aromatic heterocycles. The Morgan fingerprint density at radius 2 is 0.589 bits per heavy atom. The van der Waals surface area contributed by atoms with E-state index in [1.165, 1.54) is 24.3 Å². The number of nitrogens with zero attached hydrogens (tertiary/aromatic N) is 6. The molecule has 4 aromatic carbocycles. The summed E-state index contributed by atoms with van der Waals surface area (Å²) in [4.78, 5) is 33.3. The maximum absolute atomic E-state index is 11.5. The molecule has 56 heavy (non-hydrogen) atoms. The van der Waals surface area contributed by atoms with E-state index < -0.39 is 10.2 Å². The van der Waals surface area contributed by atoms with E-state index in [0.29, 0.717) is 74.6 Å². The van der Waals surface area contributed by atoms with Gasteiger partial charge in [-0.1, -0.05) is 97.1 Å². The first-order valence-corrected chi connectivity index (χ1v) is 16.1. The molecule has 4 aromatic rings. The zero-order valence-electron chi connectivity index (χ0n) is 29.8. The molecule has 20 heteroatoms. The fourth-order valence-electron chi connectivity index (χ4n) is 3.82. The summed E-state index contributed by atoms with van der Waals surface area (Å²) in [6.45, 7) is 5.25. The number of rotatable bonds is 16. The number of nitrogens with one attached hydrogen (secondary N) is 2. The first kappa shape index (κ1) is 53.9. The van der Waals surface area contributed by atoms with Gasteiger partial charge in [-0.15, -0.1) is 23.0 Å². The fraction of sp³-hybridized carbons (Fsp3) is 0.222. The van der Waals surface area contributed by atoms with Crippen LogP contribution in [0.25, 0.3) is 0 Å². The van der Waals surface area contributed by atoms with Gasteiger partial charge in [0.25, 0.3) is 0 Å². The topological polar surface area (TPSA) is 298 Å². The first-order valence-electron chi connectivity index (χ1n) is 16.1.